The van der Waals surface area contributed by atoms with Gasteiger partial charge in [-0.3, -0.25) is 0 Å². The zero-order chi connectivity index (χ0) is 15.5. The third kappa shape index (κ3) is 3.91. The Morgan fingerprint density at radius 3 is 2.33 bits per heavy atom. The van der Waals surface area contributed by atoms with Gasteiger partial charge in [-0.1, -0.05) is 30.3 Å². The molecule has 0 aliphatic rings. The topological polar surface area (TPSA) is 18.5 Å². The van der Waals surface area contributed by atoms with E-state index < -0.39 is 11.7 Å². The average Bonchev–Trinajstić information content (AvgIpc) is 2.44. The molecule has 0 radical (unpaired) electrons. The van der Waals surface area contributed by atoms with Crippen molar-refractivity contribution in [3.05, 3.63) is 58.1 Å². The Balaban J connectivity index is 2.30. The SMILES string of the molecule is COc1c(Br)cc(C(F)(F)F)cc1OCc1ccccc1. The molecular formula is C15H12BrF3O2. The second-order valence-corrected chi connectivity index (χ2v) is 5.12. The van der Waals surface area contributed by atoms with Gasteiger partial charge in [0.05, 0.1) is 17.1 Å². The first-order valence-corrected chi connectivity index (χ1v) is 6.82. The highest BCUT2D eigenvalue weighted by atomic mass is 79.9. The molecule has 0 spiro atoms. The minimum Gasteiger partial charge on any atom is -0.492 e. The maximum absolute atomic E-state index is 12.8. The van der Waals surface area contributed by atoms with Crippen LogP contribution in [-0.2, 0) is 12.8 Å². The fraction of sp³-hybridized carbons (Fsp3) is 0.200. The van der Waals surface area contributed by atoms with Crippen LogP contribution >= 0.6 is 15.9 Å². The molecule has 0 aromatic heterocycles. The number of ether oxygens (including phenoxy) is 2. The van der Waals surface area contributed by atoms with Gasteiger partial charge < -0.3 is 9.47 Å². The summed E-state index contributed by atoms with van der Waals surface area (Å²) < 4.78 is 49.3. The van der Waals surface area contributed by atoms with Gasteiger partial charge in [-0.2, -0.15) is 13.2 Å². The first kappa shape index (κ1) is 15.7. The summed E-state index contributed by atoms with van der Waals surface area (Å²) in [7, 11) is 1.38. The molecule has 0 aliphatic carbocycles. The van der Waals surface area contributed by atoms with Crippen LogP contribution in [0, 0.1) is 0 Å². The lowest BCUT2D eigenvalue weighted by Crippen LogP contribution is -2.07. The number of halogens is 4. The first-order valence-electron chi connectivity index (χ1n) is 6.03. The van der Waals surface area contributed by atoms with Crippen molar-refractivity contribution in [1.29, 1.82) is 0 Å². The van der Waals surface area contributed by atoms with Gasteiger partial charge in [0.15, 0.2) is 11.5 Å². The normalized spacial score (nSPS) is 11.3. The quantitative estimate of drug-likeness (QED) is 0.758. The maximum Gasteiger partial charge on any atom is 0.416 e. The summed E-state index contributed by atoms with van der Waals surface area (Å²) >= 11 is 3.07. The molecule has 6 heteroatoms. The zero-order valence-electron chi connectivity index (χ0n) is 11.1. The highest BCUT2D eigenvalue weighted by Crippen LogP contribution is 2.41. The second kappa shape index (κ2) is 6.39. The summed E-state index contributed by atoms with van der Waals surface area (Å²) in [6, 6.07) is 11.1. The van der Waals surface area contributed by atoms with Crippen LogP contribution in [0.1, 0.15) is 11.1 Å². The molecule has 0 heterocycles. The largest absolute Gasteiger partial charge is 0.492 e. The lowest BCUT2D eigenvalue weighted by molar-refractivity contribution is -0.137. The van der Waals surface area contributed by atoms with Gasteiger partial charge in [0.25, 0.3) is 0 Å². The summed E-state index contributed by atoms with van der Waals surface area (Å²) in [5.74, 6) is 0.280. The Hall–Kier alpha value is -1.69. The minimum atomic E-state index is -4.44. The molecule has 0 amide bonds. The third-order valence-corrected chi connectivity index (χ3v) is 3.37. The molecule has 0 bridgehead atoms. The van der Waals surface area contributed by atoms with Gasteiger partial charge in [0.2, 0.25) is 0 Å². The van der Waals surface area contributed by atoms with E-state index in [0.717, 1.165) is 17.7 Å². The number of hydrogen-bond acceptors (Lipinski definition) is 2. The van der Waals surface area contributed by atoms with E-state index in [0.29, 0.717) is 0 Å². The van der Waals surface area contributed by atoms with Crippen LogP contribution in [0.4, 0.5) is 13.2 Å². The van der Waals surface area contributed by atoms with Crippen molar-refractivity contribution in [2.45, 2.75) is 12.8 Å². The standard InChI is InChI=1S/C15H12BrF3O2/c1-20-14-12(16)7-11(15(17,18)19)8-13(14)21-9-10-5-3-2-4-6-10/h2-8H,9H2,1H3. The highest BCUT2D eigenvalue weighted by Gasteiger charge is 2.32. The summed E-state index contributed by atoms with van der Waals surface area (Å²) in [4.78, 5) is 0. The van der Waals surface area contributed by atoms with E-state index in [2.05, 4.69) is 15.9 Å². The summed E-state index contributed by atoms with van der Waals surface area (Å²) in [5, 5.41) is 0. The van der Waals surface area contributed by atoms with E-state index in [1.807, 2.05) is 30.3 Å². The Bertz CT molecular complexity index is 612. The van der Waals surface area contributed by atoms with E-state index in [1.54, 1.807) is 0 Å². The predicted octanol–water partition coefficient (Wildman–Crippen LogP) is 5.06. The number of benzene rings is 2. The van der Waals surface area contributed by atoms with Crippen molar-refractivity contribution in [2.24, 2.45) is 0 Å². The molecule has 112 valence electrons. The van der Waals surface area contributed by atoms with E-state index in [-0.39, 0.29) is 22.6 Å². The molecule has 0 saturated carbocycles. The Morgan fingerprint density at radius 2 is 1.76 bits per heavy atom. The lowest BCUT2D eigenvalue weighted by Gasteiger charge is -2.15. The zero-order valence-corrected chi connectivity index (χ0v) is 12.7. The number of alkyl halides is 3. The lowest BCUT2D eigenvalue weighted by atomic mass is 10.2. The molecule has 2 rings (SSSR count). The van der Waals surface area contributed by atoms with Crippen molar-refractivity contribution >= 4 is 15.9 Å². The van der Waals surface area contributed by atoms with Crippen molar-refractivity contribution in [1.82, 2.24) is 0 Å². The van der Waals surface area contributed by atoms with Crippen molar-refractivity contribution in [3.8, 4) is 11.5 Å². The van der Waals surface area contributed by atoms with Crippen molar-refractivity contribution in [3.63, 3.8) is 0 Å². The van der Waals surface area contributed by atoms with Crippen LogP contribution in [0.25, 0.3) is 0 Å². The molecule has 2 aromatic rings. The Labute approximate surface area is 128 Å². The summed E-state index contributed by atoms with van der Waals surface area (Å²) in [5.41, 5.74) is 0.0614. The number of rotatable bonds is 4. The van der Waals surface area contributed by atoms with Crippen molar-refractivity contribution < 1.29 is 22.6 Å². The van der Waals surface area contributed by atoms with E-state index >= 15 is 0 Å². The Kier molecular flexibility index (Phi) is 4.77. The molecular weight excluding hydrogens is 349 g/mol. The van der Waals surface area contributed by atoms with Gasteiger partial charge in [-0.25, -0.2) is 0 Å². The number of hydrogen-bond donors (Lipinski definition) is 0. The van der Waals surface area contributed by atoms with Gasteiger partial charge in [-0.05, 0) is 33.6 Å². The fourth-order valence-corrected chi connectivity index (χ4v) is 2.38. The van der Waals surface area contributed by atoms with E-state index in [9.17, 15) is 13.2 Å². The molecule has 0 aliphatic heterocycles. The monoisotopic (exact) mass is 360 g/mol. The molecule has 0 atom stereocenters. The highest BCUT2D eigenvalue weighted by molar-refractivity contribution is 9.10. The minimum absolute atomic E-state index is 0.0445. The van der Waals surface area contributed by atoms with Crippen LogP contribution < -0.4 is 9.47 Å². The molecule has 2 aromatic carbocycles. The molecule has 2 nitrogen and oxygen atoms in total. The van der Waals surface area contributed by atoms with Gasteiger partial charge in [0, 0.05) is 0 Å². The van der Waals surface area contributed by atoms with Gasteiger partial charge in [-0.15, -0.1) is 0 Å². The molecule has 0 unspecified atom stereocenters. The molecule has 0 saturated heterocycles. The van der Waals surface area contributed by atoms with Gasteiger partial charge in [0.1, 0.15) is 6.61 Å². The molecule has 0 N–H and O–H groups in total. The third-order valence-electron chi connectivity index (χ3n) is 2.78. The van der Waals surface area contributed by atoms with Crippen LogP contribution in [0.5, 0.6) is 11.5 Å². The fourth-order valence-electron chi connectivity index (χ4n) is 1.77. The Morgan fingerprint density at radius 1 is 1.10 bits per heavy atom. The van der Waals surface area contributed by atoms with Crippen LogP contribution in [-0.4, -0.2) is 7.11 Å². The average molecular weight is 361 g/mol. The maximum atomic E-state index is 12.8. The van der Waals surface area contributed by atoms with Crippen LogP contribution in [0.2, 0.25) is 0 Å². The smallest absolute Gasteiger partial charge is 0.416 e. The summed E-state index contributed by atoms with van der Waals surface area (Å²) in [6.45, 7) is 0.158. The van der Waals surface area contributed by atoms with E-state index in [1.165, 1.54) is 7.11 Å². The molecule has 21 heavy (non-hydrogen) atoms. The van der Waals surface area contributed by atoms with Crippen LogP contribution in [0.15, 0.2) is 46.9 Å². The van der Waals surface area contributed by atoms with Gasteiger partial charge >= 0.3 is 6.18 Å². The summed E-state index contributed by atoms with van der Waals surface area (Å²) in [6.07, 6.45) is -4.44. The van der Waals surface area contributed by atoms with Crippen LogP contribution in [0.3, 0.4) is 0 Å². The first-order chi connectivity index (χ1) is 9.91. The van der Waals surface area contributed by atoms with E-state index in [4.69, 9.17) is 9.47 Å². The predicted molar refractivity (Wildman–Crippen MR) is 76.5 cm³/mol. The van der Waals surface area contributed by atoms with Crippen molar-refractivity contribution in [2.75, 3.05) is 7.11 Å². The second-order valence-electron chi connectivity index (χ2n) is 4.26. The number of methoxy groups -OCH3 is 1. The molecule has 0 fully saturated rings.